The summed E-state index contributed by atoms with van der Waals surface area (Å²) in [6.07, 6.45) is 3.40. The fourth-order valence-corrected chi connectivity index (χ4v) is 6.43. The second kappa shape index (κ2) is 14.2. The largest absolute Gasteiger partial charge is 0.493 e. The Hall–Kier alpha value is -3.62. The van der Waals surface area contributed by atoms with Crippen LogP contribution in [0.25, 0.3) is 32.8 Å². The molecule has 0 aliphatic carbocycles. The average Bonchev–Trinajstić information content (AvgIpc) is 3.50. The molecule has 7 nitrogen and oxygen atoms in total. The fraction of sp³-hybridized carbons (Fsp3) is 0.371. The number of ether oxygens (including phenoxy) is 2. The van der Waals surface area contributed by atoms with E-state index >= 15 is 0 Å². The number of aromatic nitrogens is 3. The van der Waals surface area contributed by atoms with Gasteiger partial charge in [-0.05, 0) is 70.1 Å². The molecule has 43 heavy (non-hydrogen) atoms. The zero-order valence-electron chi connectivity index (χ0n) is 25.6. The van der Waals surface area contributed by atoms with Crippen molar-refractivity contribution in [1.82, 2.24) is 19.7 Å². The summed E-state index contributed by atoms with van der Waals surface area (Å²) < 4.78 is 16.1. The van der Waals surface area contributed by atoms with Crippen molar-refractivity contribution in [3.05, 3.63) is 83.3 Å². The molecule has 0 atom stereocenters. The van der Waals surface area contributed by atoms with Gasteiger partial charge >= 0.3 is 5.97 Å². The van der Waals surface area contributed by atoms with Gasteiger partial charge in [0.25, 0.3) is 0 Å². The minimum Gasteiger partial charge on any atom is -0.493 e. The number of halogens is 1. The van der Waals surface area contributed by atoms with Gasteiger partial charge in [0.1, 0.15) is 11.4 Å². The molecule has 5 aromatic rings. The van der Waals surface area contributed by atoms with Crippen LogP contribution in [0.2, 0.25) is 0 Å². The van der Waals surface area contributed by atoms with Gasteiger partial charge in [-0.1, -0.05) is 70.5 Å². The number of rotatable bonds is 14. The quantitative estimate of drug-likeness (QED) is 0.0766. The molecule has 2 aromatic heterocycles. The number of para-hydroxylation sites is 1. The number of nitrogens with zero attached hydrogens (tertiary/aromatic N) is 3. The molecule has 8 heteroatoms. The normalized spacial score (nSPS) is 11.5. The van der Waals surface area contributed by atoms with E-state index < -0.39 is 0 Å². The van der Waals surface area contributed by atoms with Crippen LogP contribution in [0.15, 0.2) is 60.7 Å². The third-order valence-corrected chi connectivity index (χ3v) is 8.63. The van der Waals surface area contributed by atoms with Gasteiger partial charge in [0, 0.05) is 46.5 Å². The lowest BCUT2D eigenvalue weighted by Gasteiger charge is -2.14. The highest BCUT2D eigenvalue weighted by Gasteiger charge is 2.27. The van der Waals surface area contributed by atoms with Crippen molar-refractivity contribution in [3.8, 4) is 16.9 Å². The molecule has 0 saturated carbocycles. The molecule has 0 spiro atoms. The van der Waals surface area contributed by atoms with Crippen molar-refractivity contribution in [1.29, 1.82) is 0 Å². The van der Waals surface area contributed by atoms with Gasteiger partial charge in [-0.2, -0.15) is 5.10 Å². The minimum absolute atomic E-state index is 0.271. The Labute approximate surface area is 262 Å². The molecule has 1 N–H and O–H groups in total. The number of carbonyl (C=O) groups is 1. The van der Waals surface area contributed by atoms with Gasteiger partial charge in [0.05, 0.1) is 24.4 Å². The summed E-state index contributed by atoms with van der Waals surface area (Å²) in [5.41, 5.74) is 7.02. The Morgan fingerprint density at radius 3 is 2.56 bits per heavy atom. The molecular formula is C35H41BrN4O3. The first-order valence-electron chi connectivity index (χ1n) is 15.1. The van der Waals surface area contributed by atoms with Gasteiger partial charge in [0.2, 0.25) is 0 Å². The summed E-state index contributed by atoms with van der Waals surface area (Å²) in [5.74, 6) is 0.610. The zero-order chi connectivity index (χ0) is 30.3. The smallest absolute Gasteiger partial charge is 0.355 e. The highest BCUT2D eigenvalue weighted by Crippen LogP contribution is 2.39. The number of carbonyl (C=O) groups excluding carboxylic acids is 1. The second-order valence-corrected chi connectivity index (χ2v) is 11.4. The van der Waals surface area contributed by atoms with Crippen molar-refractivity contribution < 1.29 is 14.3 Å². The molecule has 0 amide bonds. The zero-order valence-corrected chi connectivity index (χ0v) is 27.2. The van der Waals surface area contributed by atoms with E-state index in [4.69, 9.17) is 14.6 Å². The van der Waals surface area contributed by atoms with E-state index in [2.05, 4.69) is 69.1 Å². The van der Waals surface area contributed by atoms with Gasteiger partial charge in [0.15, 0.2) is 0 Å². The number of hydrogen-bond donors (Lipinski definition) is 1. The summed E-state index contributed by atoms with van der Waals surface area (Å²) >= 11 is 3.66. The number of fused-ring (bicyclic) bond motifs is 2. The van der Waals surface area contributed by atoms with Crippen LogP contribution in [0, 0.1) is 6.92 Å². The van der Waals surface area contributed by atoms with Crippen molar-refractivity contribution in [2.75, 3.05) is 26.8 Å². The minimum atomic E-state index is -0.271. The third-order valence-electron chi connectivity index (χ3n) is 8.09. The number of benzene rings is 3. The molecule has 0 aliphatic rings. The maximum Gasteiger partial charge on any atom is 0.355 e. The average molecular weight is 646 g/mol. The van der Waals surface area contributed by atoms with Crippen molar-refractivity contribution in [2.45, 2.75) is 51.4 Å². The predicted octanol–water partition coefficient (Wildman–Crippen LogP) is 7.59. The van der Waals surface area contributed by atoms with Crippen LogP contribution in [-0.2, 0) is 30.1 Å². The Morgan fingerprint density at radius 1 is 1.00 bits per heavy atom. The summed E-state index contributed by atoms with van der Waals surface area (Å²) in [6.45, 7) is 6.48. The number of hydrogen-bond acceptors (Lipinski definition) is 5. The van der Waals surface area contributed by atoms with E-state index in [0.717, 1.165) is 87.9 Å². The van der Waals surface area contributed by atoms with Gasteiger partial charge < -0.3 is 19.4 Å². The van der Waals surface area contributed by atoms with Crippen molar-refractivity contribution in [3.63, 3.8) is 0 Å². The molecule has 0 saturated heterocycles. The molecule has 3 aromatic carbocycles. The molecule has 5 rings (SSSR count). The van der Waals surface area contributed by atoms with Crippen LogP contribution >= 0.6 is 15.9 Å². The van der Waals surface area contributed by atoms with E-state index in [1.165, 1.54) is 0 Å². The lowest BCUT2D eigenvalue weighted by Crippen LogP contribution is -2.16. The monoisotopic (exact) mass is 644 g/mol. The summed E-state index contributed by atoms with van der Waals surface area (Å²) in [6, 6.07) is 20.8. The lowest BCUT2D eigenvalue weighted by molar-refractivity contribution is 0.0512. The van der Waals surface area contributed by atoms with Gasteiger partial charge in [-0.25, -0.2) is 4.79 Å². The van der Waals surface area contributed by atoms with Crippen LogP contribution in [0.1, 0.15) is 53.6 Å². The Kier molecular flexibility index (Phi) is 10.2. The molecule has 0 bridgehead atoms. The van der Waals surface area contributed by atoms with Crippen LogP contribution < -0.4 is 10.1 Å². The number of unbranched alkanes of at least 4 members (excludes halogenated alkanes) is 1. The Balaban J connectivity index is 1.57. The Morgan fingerprint density at radius 2 is 1.77 bits per heavy atom. The molecule has 0 fully saturated rings. The first-order valence-corrected chi connectivity index (χ1v) is 16.3. The molecular weight excluding hydrogens is 604 g/mol. The fourth-order valence-electron chi connectivity index (χ4n) is 6.04. The maximum absolute atomic E-state index is 13.7. The molecule has 0 radical (unpaired) electrons. The highest BCUT2D eigenvalue weighted by molar-refractivity contribution is 9.08. The summed E-state index contributed by atoms with van der Waals surface area (Å²) in [4.78, 5) is 13.7. The lowest BCUT2D eigenvalue weighted by atomic mass is 9.98. The second-order valence-electron chi connectivity index (χ2n) is 10.8. The topological polar surface area (TPSA) is 70.3 Å². The van der Waals surface area contributed by atoms with Gasteiger partial charge in [-0.15, -0.1) is 0 Å². The first-order chi connectivity index (χ1) is 21.0. The number of aryl methyl sites for hydroxylation is 3. The first kappa shape index (κ1) is 30.8. The predicted molar refractivity (Wildman–Crippen MR) is 178 cm³/mol. The summed E-state index contributed by atoms with van der Waals surface area (Å²) in [7, 11) is 3.95. The van der Waals surface area contributed by atoms with Crippen LogP contribution in [0.4, 0.5) is 0 Å². The van der Waals surface area contributed by atoms with Gasteiger partial charge in [-0.3, -0.25) is 4.68 Å². The SMILES string of the molecule is CCOC(=O)c1c(CCCOc2cccc3ccccc23)c2cccc(-c3c(CBr)nn(C)c3C)c2n1CCCCNC. The van der Waals surface area contributed by atoms with E-state index in [9.17, 15) is 4.79 Å². The van der Waals surface area contributed by atoms with Crippen LogP contribution in [-0.4, -0.2) is 47.1 Å². The molecule has 0 unspecified atom stereocenters. The van der Waals surface area contributed by atoms with Crippen molar-refractivity contribution in [2.24, 2.45) is 7.05 Å². The standard InChI is InChI=1S/C35H41BrN4O3/c1-5-42-35(41)34-28(18-12-22-43-31-19-10-14-25-13-6-7-15-26(25)31)27-16-11-17-29(32-24(2)39(4)38-30(32)23-36)33(27)40(34)21-9-8-20-37-3/h6-7,10-11,13-17,19,37H,5,8-9,12,18,20-23H2,1-4H3. The van der Waals surface area contributed by atoms with E-state index in [0.29, 0.717) is 30.7 Å². The molecule has 2 heterocycles. The molecule has 0 aliphatic heterocycles. The van der Waals surface area contributed by atoms with Crippen LogP contribution in [0.5, 0.6) is 5.75 Å². The third kappa shape index (κ3) is 6.36. The van der Waals surface area contributed by atoms with Crippen LogP contribution in [0.3, 0.4) is 0 Å². The van der Waals surface area contributed by atoms with E-state index in [1.807, 2.05) is 50.0 Å². The summed E-state index contributed by atoms with van der Waals surface area (Å²) in [5, 5.41) is 12.0. The van der Waals surface area contributed by atoms with E-state index in [-0.39, 0.29) is 5.97 Å². The number of nitrogens with one attached hydrogen (secondary N) is 1. The van der Waals surface area contributed by atoms with E-state index in [1.54, 1.807) is 0 Å². The molecule has 226 valence electrons. The highest BCUT2D eigenvalue weighted by atomic mass is 79.9. The Bertz CT molecular complexity index is 1720. The maximum atomic E-state index is 13.7. The number of alkyl halides is 1. The van der Waals surface area contributed by atoms with Crippen molar-refractivity contribution >= 4 is 43.6 Å². The number of esters is 1.